The molecule has 0 unspecified atom stereocenters. The number of hydrogen-bond acceptors (Lipinski definition) is 4. The Morgan fingerprint density at radius 2 is 1.71 bits per heavy atom. The van der Waals surface area contributed by atoms with Crippen LogP contribution in [0.4, 0.5) is 5.69 Å². The lowest BCUT2D eigenvalue weighted by Crippen LogP contribution is -2.41. The van der Waals surface area contributed by atoms with Gasteiger partial charge in [0, 0.05) is 30.2 Å². The van der Waals surface area contributed by atoms with Crippen LogP contribution in [0.5, 0.6) is 0 Å². The Morgan fingerprint density at radius 3 is 2.49 bits per heavy atom. The fourth-order valence-electron chi connectivity index (χ4n) is 4.48. The van der Waals surface area contributed by atoms with Crippen molar-refractivity contribution >= 4 is 44.0 Å². The minimum absolute atomic E-state index is 0.113. The SMILES string of the molecule is O=C(Nc1cnn(Cc2cccc3ccccc23)c1)C1CCN(S(=O)(=O)c2ccc(Cl)cc2)CC1. The maximum absolute atomic E-state index is 12.9. The van der Waals surface area contributed by atoms with Crippen LogP contribution in [0.3, 0.4) is 0 Å². The second kappa shape index (κ2) is 9.81. The summed E-state index contributed by atoms with van der Waals surface area (Å²) in [5, 5.41) is 10.2. The van der Waals surface area contributed by atoms with Crippen LogP contribution in [-0.4, -0.2) is 41.5 Å². The molecule has 0 atom stereocenters. The largest absolute Gasteiger partial charge is 0.323 e. The molecule has 1 N–H and O–H groups in total. The van der Waals surface area contributed by atoms with Gasteiger partial charge >= 0.3 is 0 Å². The summed E-state index contributed by atoms with van der Waals surface area (Å²) in [5.41, 5.74) is 1.78. The highest BCUT2D eigenvalue weighted by molar-refractivity contribution is 7.89. The first-order valence-electron chi connectivity index (χ1n) is 11.5. The van der Waals surface area contributed by atoms with Crippen LogP contribution in [-0.2, 0) is 21.4 Å². The van der Waals surface area contributed by atoms with Gasteiger partial charge in [-0.15, -0.1) is 0 Å². The Balaban J connectivity index is 1.19. The van der Waals surface area contributed by atoms with Crippen molar-refractivity contribution in [2.24, 2.45) is 5.92 Å². The Kier molecular flexibility index (Phi) is 6.60. The van der Waals surface area contributed by atoms with Crippen LogP contribution in [0.2, 0.25) is 5.02 Å². The third-order valence-corrected chi connectivity index (χ3v) is 8.55. The van der Waals surface area contributed by atoms with Crippen molar-refractivity contribution < 1.29 is 13.2 Å². The van der Waals surface area contributed by atoms with Gasteiger partial charge in [0.25, 0.3) is 0 Å². The molecule has 0 aliphatic carbocycles. The van der Waals surface area contributed by atoms with E-state index in [9.17, 15) is 13.2 Å². The van der Waals surface area contributed by atoms with Gasteiger partial charge in [-0.25, -0.2) is 8.42 Å². The molecule has 9 heteroatoms. The number of fused-ring (bicyclic) bond motifs is 1. The number of piperidine rings is 1. The third-order valence-electron chi connectivity index (χ3n) is 6.39. The van der Waals surface area contributed by atoms with Crippen LogP contribution >= 0.6 is 11.6 Å². The van der Waals surface area contributed by atoms with E-state index < -0.39 is 10.0 Å². The molecule has 7 nitrogen and oxygen atoms in total. The predicted molar refractivity (Wildman–Crippen MR) is 137 cm³/mol. The molecule has 1 saturated heterocycles. The number of carbonyl (C=O) groups is 1. The van der Waals surface area contributed by atoms with E-state index in [4.69, 9.17) is 11.6 Å². The molecule has 1 aliphatic heterocycles. The fourth-order valence-corrected chi connectivity index (χ4v) is 6.07. The molecule has 0 bridgehead atoms. The van der Waals surface area contributed by atoms with E-state index in [0.717, 1.165) is 5.56 Å². The van der Waals surface area contributed by atoms with Gasteiger partial charge in [0.05, 0.1) is 23.3 Å². The Hall–Kier alpha value is -3.20. The van der Waals surface area contributed by atoms with E-state index >= 15 is 0 Å². The zero-order chi connectivity index (χ0) is 24.4. The van der Waals surface area contributed by atoms with Gasteiger partial charge in [0.15, 0.2) is 0 Å². The number of halogens is 1. The predicted octanol–water partition coefficient (Wildman–Crippen LogP) is 4.78. The highest BCUT2D eigenvalue weighted by Gasteiger charge is 2.32. The lowest BCUT2D eigenvalue weighted by molar-refractivity contribution is -0.120. The maximum Gasteiger partial charge on any atom is 0.243 e. The molecule has 1 amide bonds. The highest BCUT2D eigenvalue weighted by atomic mass is 35.5. The first-order chi connectivity index (χ1) is 16.9. The van der Waals surface area contributed by atoms with Crippen molar-refractivity contribution in [2.75, 3.05) is 18.4 Å². The number of amides is 1. The molecule has 1 fully saturated rings. The van der Waals surface area contributed by atoms with Gasteiger partial charge in [-0.2, -0.15) is 9.40 Å². The van der Waals surface area contributed by atoms with Crippen molar-refractivity contribution in [1.82, 2.24) is 14.1 Å². The lowest BCUT2D eigenvalue weighted by atomic mass is 9.97. The first kappa shape index (κ1) is 23.5. The lowest BCUT2D eigenvalue weighted by Gasteiger charge is -2.30. The van der Waals surface area contributed by atoms with Crippen LogP contribution in [0.25, 0.3) is 10.8 Å². The van der Waals surface area contributed by atoms with Crippen LogP contribution in [0.1, 0.15) is 18.4 Å². The number of anilines is 1. The number of carbonyl (C=O) groups excluding carboxylic acids is 1. The second-order valence-electron chi connectivity index (χ2n) is 8.69. The van der Waals surface area contributed by atoms with E-state index in [1.807, 2.05) is 24.4 Å². The average Bonchev–Trinajstić information content (AvgIpc) is 3.31. The first-order valence-corrected chi connectivity index (χ1v) is 13.3. The van der Waals surface area contributed by atoms with Gasteiger partial charge in [0.1, 0.15) is 0 Å². The summed E-state index contributed by atoms with van der Waals surface area (Å²) < 4.78 is 29.0. The Labute approximate surface area is 209 Å². The number of rotatable bonds is 6. The summed E-state index contributed by atoms with van der Waals surface area (Å²) in [7, 11) is -3.60. The summed E-state index contributed by atoms with van der Waals surface area (Å²) in [6.07, 6.45) is 4.38. The molecule has 0 saturated carbocycles. The summed E-state index contributed by atoms with van der Waals surface area (Å²) >= 11 is 5.87. The highest BCUT2D eigenvalue weighted by Crippen LogP contribution is 2.26. The number of aromatic nitrogens is 2. The topological polar surface area (TPSA) is 84.3 Å². The zero-order valence-electron chi connectivity index (χ0n) is 19.0. The molecular formula is C26H25ClN4O3S. The monoisotopic (exact) mass is 508 g/mol. The molecule has 4 aromatic rings. The average molecular weight is 509 g/mol. The van der Waals surface area contributed by atoms with E-state index in [1.54, 1.807) is 23.0 Å². The van der Waals surface area contributed by atoms with Crippen molar-refractivity contribution in [3.63, 3.8) is 0 Å². The standard InChI is InChI=1S/C26H25ClN4O3S/c27-22-8-10-24(11-9-22)35(33,34)31-14-12-20(13-15-31)26(32)29-23-16-28-30(18-23)17-21-6-3-5-19-4-1-2-7-25(19)21/h1-11,16,18,20H,12-15,17H2,(H,29,32). The molecule has 1 aromatic heterocycles. The number of nitrogens with zero attached hydrogens (tertiary/aromatic N) is 3. The van der Waals surface area contributed by atoms with E-state index in [0.29, 0.717) is 43.2 Å². The van der Waals surface area contributed by atoms with Gasteiger partial charge in [-0.3, -0.25) is 9.48 Å². The Bertz CT molecular complexity index is 1450. The van der Waals surface area contributed by atoms with E-state index in [1.165, 1.54) is 27.2 Å². The molecule has 180 valence electrons. The normalized spacial score (nSPS) is 15.3. The molecule has 1 aliphatic rings. The fraction of sp³-hybridized carbons (Fsp3) is 0.231. The van der Waals surface area contributed by atoms with Crippen molar-refractivity contribution in [2.45, 2.75) is 24.3 Å². The molecule has 2 heterocycles. The minimum atomic E-state index is -3.60. The van der Waals surface area contributed by atoms with Crippen LogP contribution < -0.4 is 5.32 Å². The van der Waals surface area contributed by atoms with Gasteiger partial charge in [0.2, 0.25) is 15.9 Å². The quantitative estimate of drug-likeness (QED) is 0.406. The van der Waals surface area contributed by atoms with Crippen LogP contribution in [0, 0.1) is 5.92 Å². The van der Waals surface area contributed by atoms with E-state index in [-0.39, 0.29) is 16.7 Å². The molecular weight excluding hydrogens is 484 g/mol. The minimum Gasteiger partial charge on any atom is -0.323 e. The number of hydrogen-bond donors (Lipinski definition) is 1. The van der Waals surface area contributed by atoms with Gasteiger partial charge in [-0.1, -0.05) is 54.1 Å². The Morgan fingerprint density at radius 1 is 1.00 bits per heavy atom. The molecule has 35 heavy (non-hydrogen) atoms. The molecule has 0 spiro atoms. The molecule has 5 rings (SSSR count). The number of benzene rings is 3. The zero-order valence-corrected chi connectivity index (χ0v) is 20.5. The van der Waals surface area contributed by atoms with E-state index in [2.05, 4.69) is 34.7 Å². The maximum atomic E-state index is 12.9. The number of sulfonamides is 1. The van der Waals surface area contributed by atoms with Crippen molar-refractivity contribution in [3.8, 4) is 0 Å². The van der Waals surface area contributed by atoms with Crippen molar-refractivity contribution in [1.29, 1.82) is 0 Å². The third kappa shape index (κ3) is 5.10. The molecule has 0 radical (unpaired) electrons. The van der Waals surface area contributed by atoms with Crippen molar-refractivity contribution in [3.05, 3.63) is 89.7 Å². The number of nitrogens with one attached hydrogen (secondary N) is 1. The van der Waals surface area contributed by atoms with Gasteiger partial charge < -0.3 is 5.32 Å². The smallest absolute Gasteiger partial charge is 0.243 e. The summed E-state index contributed by atoms with van der Waals surface area (Å²) in [4.78, 5) is 13.1. The summed E-state index contributed by atoms with van der Waals surface area (Å²) in [6.45, 7) is 1.19. The van der Waals surface area contributed by atoms with Crippen LogP contribution in [0.15, 0.2) is 84.0 Å². The second-order valence-corrected chi connectivity index (χ2v) is 11.1. The summed E-state index contributed by atoms with van der Waals surface area (Å²) in [6, 6.07) is 20.5. The van der Waals surface area contributed by atoms with Gasteiger partial charge in [-0.05, 0) is 53.4 Å². The molecule has 3 aromatic carbocycles. The summed E-state index contributed by atoms with van der Waals surface area (Å²) in [5.74, 6) is -0.369.